The number of benzene rings is 7. The first kappa shape index (κ1) is 28.7. The van der Waals surface area contributed by atoms with Gasteiger partial charge in [0.25, 0.3) is 0 Å². The lowest BCUT2D eigenvalue weighted by Crippen LogP contribution is -2.15. The van der Waals surface area contributed by atoms with Gasteiger partial charge in [0.15, 0.2) is 5.82 Å². The predicted molar refractivity (Wildman–Crippen MR) is 215 cm³/mol. The highest BCUT2D eigenvalue weighted by Crippen LogP contribution is 2.58. The molecule has 0 unspecified atom stereocenters. The molecule has 3 aromatic heterocycles. The molecule has 1 aliphatic rings. The van der Waals surface area contributed by atoms with Crippen LogP contribution in [-0.2, 0) is 5.41 Å². The smallest absolute Gasteiger partial charge is 0.160 e. The van der Waals surface area contributed by atoms with Gasteiger partial charge in [0.2, 0.25) is 0 Å². The fourth-order valence-corrected chi connectivity index (χ4v) is 10.0. The quantitative estimate of drug-likeness (QED) is 0.187. The Kier molecular flexibility index (Phi) is 5.89. The van der Waals surface area contributed by atoms with Gasteiger partial charge in [-0.15, -0.1) is 11.3 Å². The average molecular weight is 670 g/mol. The van der Waals surface area contributed by atoms with E-state index in [9.17, 15) is 0 Å². The maximum Gasteiger partial charge on any atom is 0.160 e. The van der Waals surface area contributed by atoms with E-state index in [0.29, 0.717) is 0 Å². The van der Waals surface area contributed by atoms with Crippen LogP contribution >= 0.6 is 11.3 Å². The third kappa shape index (κ3) is 3.94. The first-order chi connectivity index (χ1) is 25.1. The SMILES string of the molecule is CC1(C)c2ccccc2-c2c1c1c3ccccc3n(-c3ccc(-c4nc(-c5ccccc5)c5ccccc5n4)cc3)c1c1c2sc2ccccc21. The van der Waals surface area contributed by atoms with E-state index in [1.807, 2.05) is 23.5 Å². The number of thiophene rings is 1. The predicted octanol–water partition coefficient (Wildman–Crippen LogP) is 12.7. The van der Waals surface area contributed by atoms with Crippen molar-refractivity contribution >= 4 is 64.2 Å². The van der Waals surface area contributed by atoms with Gasteiger partial charge in [-0.2, -0.15) is 0 Å². The summed E-state index contributed by atoms with van der Waals surface area (Å²) in [6, 6.07) is 54.5. The van der Waals surface area contributed by atoms with Crippen LogP contribution in [0.5, 0.6) is 0 Å². The lowest BCUT2D eigenvalue weighted by Gasteiger charge is -2.23. The number of rotatable bonds is 3. The molecule has 7 aromatic carbocycles. The van der Waals surface area contributed by atoms with Crippen LogP contribution in [0.3, 0.4) is 0 Å². The van der Waals surface area contributed by atoms with Gasteiger partial charge < -0.3 is 4.57 Å². The first-order valence-corrected chi connectivity index (χ1v) is 18.3. The molecule has 0 radical (unpaired) electrons. The molecule has 0 spiro atoms. The Morgan fingerprint density at radius 2 is 1.25 bits per heavy atom. The van der Waals surface area contributed by atoms with E-state index in [1.165, 1.54) is 64.2 Å². The van der Waals surface area contributed by atoms with Gasteiger partial charge in [-0.3, -0.25) is 0 Å². The summed E-state index contributed by atoms with van der Waals surface area (Å²) in [7, 11) is 0. The van der Waals surface area contributed by atoms with Crippen LogP contribution in [0, 0.1) is 0 Å². The largest absolute Gasteiger partial charge is 0.309 e. The number of nitrogens with zero attached hydrogens (tertiary/aromatic N) is 3. The highest BCUT2D eigenvalue weighted by atomic mass is 32.1. The second-order valence-electron chi connectivity index (χ2n) is 14.1. The van der Waals surface area contributed by atoms with E-state index in [1.54, 1.807) is 0 Å². The van der Waals surface area contributed by atoms with Crippen LogP contribution < -0.4 is 0 Å². The molecule has 1 aliphatic carbocycles. The zero-order valence-electron chi connectivity index (χ0n) is 28.2. The number of para-hydroxylation sites is 2. The maximum absolute atomic E-state index is 5.16. The molecule has 0 amide bonds. The van der Waals surface area contributed by atoms with Crippen molar-refractivity contribution in [3.05, 3.63) is 163 Å². The third-order valence-corrected chi connectivity index (χ3v) is 12.2. The lowest BCUT2D eigenvalue weighted by molar-refractivity contribution is 0.667. The van der Waals surface area contributed by atoms with Crippen LogP contribution in [0.25, 0.3) is 92.3 Å². The van der Waals surface area contributed by atoms with Crippen molar-refractivity contribution in [2.24, 2.45) is 0 Å². The van der Waals surface area contributed by atoms with E-state index >= 15 is 0 Å². The Balaban J connectivity index is 1.20. The molecular formula is C47H31N3S. The Hall–Kier alpha value is -6.10. The molecule has 240 valence electrons. The van der Waals surface area contributed by atoms with Crippen molar-refractivity contribution in [3.63, 3.8) is 0 Å². The summed E-state index contributed by atoms with van der Waals surface area (Å²) in [5, 5.41) is 6.34. The molecule has 4 heteroatoms. The summed E-state index contributed by atoms with van der Waals surface area (Å²) < 4.78 is 5.20. The molecule has 0 fully saturated rings. The number of aromatic nitrogens is 3. The van der Waals surface area contributed by atoms with Crippen LogP contribution in [0.15, 0.2) is 152 Å². The Morgan fingerprint density at radius 1 is 0.569 bits per heavy atom. The van der Waals surface area contributed by atoms with E-state index in [4.69, 9.17) is 9.97 Å². The van der Waals surface area contributed by atoms with E-state index < -0.39 is 0 Å². The molecule has 0 bridgehead atoms. The molecule has 10 aromatic rings. The standard InChI is InChI=1S/C47H31N3S/c1-47(2)35-20-10-6-16-31(35)40-42(47)39-33-18-8-12-22-37(33)50(44(39)41-34-19-9-13-23-38(34)51-45(40)41)30-26-24-29(25-27-30)46-48-36-21-11-7-17-32(36)43(49-46)28-14-4-3-5-15-28/h3-27H,1-2H3. The molecule has 11 rings (SSSR count). The Morgan fingerprint density at radius 3 is 2.10 bits per heavy atom. The normalized spacial score (nSPS) is 13.5. The van der Waals surface area contributed by atoms with Crippen molar-refractivity contribution in [2.75, 3.05) is 0 Å². The minimum atomic E-state index is -0.156. The minimum absolute atomic E-state index is 0.156. The Labute approximate surface area is 299 Å². The van der Waals surface area contributed by atoms with Gasteiger partial charge in [-0.25, -0.2) is 9.97 Å². The van der Waals surface area contributed by atoms with Crippen LogP contribution in [0.1, 0.15) is 25.0 Å². The van der Waals surface area contributed by atoms with E-state index in [-0.39, 0.29) is 5.41 Å². The molecule has 0 saturated heterocycles. The van der Waals surface area contributed by atoms with Crippen molar-refractivity contribution in [2.45, 2.75) is 19.3 Å². The van der Waals surface area contributed by atoms with Gasteiger partial charge in [-0.05, 0) is 59.2 Å². The molecule has 0 saturated carbocycles. The average Bonchev–Trinajstić information content (AvgIpc) is 3.81. The maximum atomic E-state index is 5.16. The lowest BCUT2D eigenvalue weighted by atomic mass is 9.80. The van der Waals surface area contributed by atoms with Gasteiger partial charge in [-0.1, -0.05) is 123 Å². The molecular weight excluding hydrogens is 639 g/mol. The summed E-state index contributed by atoms with van der Waals surface area (Å²) in [5.74, 6) is 0.727. The highest BCUT2D eigenvalue weighted by molar-refractivity contribution is 7.26. The molecule has 3 heterocycles. The molecule has 0 N–H and O–H groups in total. The summed E-state index contributed by atoms with van der Waals surface area (Å²) in [6.45, 7) is 4.81. The van der Waals surface area contributed by atoms with Gasteiger partial charge in [0, 0.05) is 64.1 Å². The van der Waals surface area contributed by atoms with Crippen LogP contribution in [0.4, 0.5) is 0 Å². The number of fused-ring (bicyclic) bond motifs is 13. The van der Waals surface area contributed by atoms with Crippen molar-refractivity contribution < 1.29 is 0 Å². The third-order valence-electron chi connectivity index (χ3n) is 11.0. The topological polar surface area (TPSA) is 30.7 Å². The monoisotopic (exact) mass is 669 g/mol. The fraction of sp³-hybridized carbons (Fsp3) is 0.0638. The summed E-state index contributed by atoms with van der Waals surface area (Å²) in [6.07, 6.45) is 0. The second kappa shape index (κ2) is 10.5. The van der Waals surface area contributed by atoms with Gasteiger partial charge in [0.05, 0.1) is 22.2 Å². The first-order valence-electron chi connectivity index (χ1n) is 17.5. The fourth-order valence-electron chi connectivity index (χ4n) is 8.74. The zero-order chi connectivity index (χ0) is 33.8. The molecule has 51 heavy (non-hydrogen) atoms. The molecule has 3 nitrogen and oxygen atoms in total. The highest BCUT2D eigenvalue weighted by Gasteiger charge is 2.40. The molecule has 0 atom stereocenters. The zero-order valence-corrected chi connectivity index (χ0v) is 29.0. The summed E-state index contributed by atoms with van der Waals surface area (Å²) >= 11 is 1.93. The van der Waals surface area contributed by atoms with Crippen molar-refractivity contribution in [1.82, 2.24) is 14.5 Å². The second-order valence-corrected chi connectivity index (χ2v) is 15.2. The summed E-state index contributed by atoms with van der Waals surface area (Å²) in [4.78, 5) is 10.2. The number of hydrogen-bond acceptors (Lipinski definition) is 3. The van der Waals surface area contributed by atoms with Crippen LogP contribution in [0.2, 0.25) is 0 Å². The van der Waals surface area contributed by atoms with Crippen molar-refractivity contribution in [1.29, 1.82) is 0 Å². The van der Waals surface area contributed by atoms with E-state index in [2.05, 4.69) is 158 Å². The number of hydrogen-bond donors (Lipinski definition) is 0. The molecule has 0 aliphatic heterocycles. The minimum Gasteiger partial charge on any atom is -0.309 e. The summed E-state index contributed by atoms with van der Waals surface area (Å²) in [5.41, 5.74) is 13.0. The van der Waals surface area contributed by atoms with Gasteiger partial charge in [0.1, 0.15) is 0 Å². The van der Waals surface area contributed by atoms with Gasteiger partial charge >= 0.3 is 0 Å². The van der Waals surface area contributed by atoms with E-state index in [0.717, 1.165) is 39.2 Å². The Bertz CT molecular complexity index is 3040. The van der Waals surface area contributed by atoms with Crippen LogP contribution in [-0.4, -0.2) is 14.5 Å². The van der Waals surface area contributed by atoms with Crippen molar-refractivity contribution in [3.8, 4) is 39.5 Å².